The van der Waals surface area contributed by atoms with E-state index in [1.807, 2.05) is 44.2 Å². The summed E-state index contributed by atoms with van der Waals surface area (Å²) in [5, 5.41) is 13.8. The van der Waals surface area contributed by atoms with Crippen molar-refractivity contribution in [1.29, 1.82) is 0 Å². The molecule has 0 radical (unpaired) electrons. The standard InChI is InChI=1S/C17H25N3O4/c1-12-13(2)17(23-9-8-19-20-18)24-15(16(12)21)11-22-10-14-6-4-3-5-7-14/h3-7,12-13,15-17,21H,8-11H2,1-2H3/t12-,13?,15?,16+,17-/m1/s1. The van der Waals surface area contributed by atoms with Gasteiger partial charge in [-0.1, -0.05) is 49.3 Å². The Labute approximate surface area is 142 Å². The molecular formula is C17H25N3O4. The van der Waals surface area contributed by atoms with Gasteiger partial charge in [-0.15, -0.1) is 0 Å². The van der Waals surface area contributed by atoms with Crippen LogP contribution in [0.3, 0.4) is 0 Å². The maximum absolute atomic E-state index is 10.4. The number of rotatable bonds is 8. The number of ether oxygens (including phenoxy) is 3. The normalized spacial score (nSPS) is 29.9. The van der Waals surface area contributed by atoms with Crippen LogP contribution in [0.1, 0.15) is 19.4 Å². The number of azide groups is 1. The summed E-state index contributed by atoms with van der Waals surface area (Å²) in [4.78, 5) is 2.69. The lowest BCUT2D eigenvalue weighted by Crippen LogP contribution is -2.51. The Morgan fingerprint density at radius 1 is 1.25 bits per heavy atom. The van der Waals surface area contributed by atoms with Crippen molar-refractivity contribution >= 4 is 0 Å². The van der Waals surface area contributed by atoms with E-state index in [4.69, 9.17) is 19.7 Å². The van der Waals surface area contributed by atoms with Crippen LogP contribution in [0.2, 0.25) is 0 Å². The number of hydrogen-bond donors (Lipinski definition) is 1. The van der Waals surface area contributed by atoms with Crippen LogP contribution >= 0.6 is 0 Å². The van der Waals surface area contributed by atoms with Gasteiger partial charge < -0.3 is 19.3 Å². The molecule has 0 bridgehead atoms. The molecule has 1 N–H and O–H groups in total. The van der Waals surface area contributed by atoms with Crippen LogP contribution in [0.4, 0.5) is 0 Å². The predicted molar refractivity (Wildman–Crippen MR) is 89.1 cm³/mol. The van der Waals surface area contributed by atoms with Gasteiger partial charge in [0.15, 0.2) is 6.29 Å². The molecule has 5 atom stereocenters. The summed E-state index contributed by atoms with van der Waals surface area (Å²) in [5.41, 5.74) is 9.36. The highest BCUT2D eigenvalue weighted by Gasteiger charge is 2.41. The van der Waals surface area contributed by atoms with Crippen molar-refractivity contribution < 1.29 is 19.3 Å². The molecule has 0 amide bonds. The minimum Gasteiger partial charge on any atom is -0.390 e. The minimum absolute atomic E-state index is 0.0218. The largest absolute Gasteiger partial charge is 0.390 e. The minimum atomic E-state index is -0.604. The van der Waals surface area contributed by atoms with Crippen LogP contribution < -0.4 is 0 Å². The van der Waals surface area contributed by atoms with Gasteiger partial charge in [0.1, 0.15) is 6.10 Å². The van der Waals surface area contributed by atoms with E-state index in [-0.39, 0.29) is 18.4 Å². The zero-order valence-electron chi connectivity index (χ0n) is 14.1. The molecule has 24 heavy (non-hydrogen) atoms. The van der Waals surface area contributed by atoms with Crippen molar-refractivity contribution in [2.24, 2.45) is 17.0 Å². The monoisotopic (exact) mass is 335 g/mol. The molecule has 7 nitrogen and oxygen atoms in total. The maximum Gasteiger partial charge on any atom is 0.161 e. The van der Waals surface area contributed by atoms with Gasteiger partial charge in [-0.05, 0) is 17.0 Å². The van der Waals surface area contributed by atoms with Crippen molar-refractivity contribution in [2.75, 3.05) is 19.8 Å². The zero-order valence-corrected chi connectivity index (χ0v) is 14.1. The first kappa shape index (κ1) is 18.7. The second-order valence-corrected chi connectivity index (χ2v) is 6.08. The summed E-state index contributed by atoms with van der Waals surface area (Å²) in [5.74, 6) is 0.0602. The fourth-order valence-corrected chi connectivity index (χ4v) is 2.72. The fraction of sp³-hybridized carbons (Fsp3) is 0.647. The summed E-state index contributed by atoms with van der Waals surface area (Å²) in [6.45, 7) is 5.27. The molecule has 1 aliphatic rings. The van der Waals surface area contributed by atoms with Crippen molar-refractivity contribution in [3.8, 4) is 0 Å². The van der Waals surface area contributed by atoms with Gasteiger partial charge >= 0.3 is 0 Å². The molecular weight excluding hydrogens is 310 g/mol. The van der Waals surface area contributed by atoms with E-state index in [0.29, 0.717) is 19.8 Å². The Bertz CT molecular complexity index is 536. The molecule has 132 valence electrons. The summed E-state index contributed by atoms with van der Waals surface area (Å²) < 4.78 is 17.2. The first-order valence-corrected chi connectivity index (χ1v) is 8.21. The summed E-state index contributed by atoms with van der Waals surface area (Å²) in [6, 6.07) is 9.86. The second kappa shape index (κ2) is 9.61. The number of hydrogen-bond acceptors (Lipinski definition) is 5. The van der Waals surface area contributed by atoms with E-state index in [1.54, 1.807) is 0 Å². The third-order valence-corrected chi connectivity index (χ3v) is 4.42. The molecule has 1 aliphatic heterocycles. The molecule has 7 heteroatoms. The first-order valence-electron chi connectivity index (χ1n) is 8.21. The van der Waals surface area contributed by atoms with Crippen LogP contribution in [-0.4, -0.2) is 43.4 Å². The smallest absolute Gasteiger partial charge is 0.161 e. The summed E-state index contributed by atoms with van der Waals surface area (Å²) in [6.07, 6.45) is -1.49. The number of benzene rings is 1. The van der Waals surface area contributed by atoms with Crippen molar-refractivity contribution in [2.45, 2.75) is 39.0 Å². The average Bonchev–Trinajstić information content (AvgIpc) is 2.61. The Balaban J connectivity index is 1.84. The highest BCUT2D eigenvalue weighted by Crippen LogP contribution is 2.31. The molecule has 1 aromatic carbocycles. The molecule has 1 fully saturated rings. The molecule has 2 rings (SSSR count). The number of nitrogens with zero attached hydrogens (tertiary/aromatic N) is 3. The molecule has 0 saturated carbocycles. The SMILES string of the molecule is CC1[C@H](OCCN=[N+]=[N-])OC(COCc2ccccc2)[C@@H](O)[C@@H]1C. The zero-order chi connectivity index (χ0) is 17.4. The lowest BCUT2D eigenvalue weighted by Gasteiger charge is -2.42. The maximum atomic E-state index is 10.4. The van der Waals surface area contributed by atoms with E-state index in [2.05, 4.69) is 10.0 Å². The van der Waals surface area contributed by atoms with E-state index < -0.39 is 18.5 Å². The molecule has 1 heterocycles. The lowest BCUT2D eigenvalue weighted by molar-refractivity contribution is -0.270. The fourth-order valence-electron chi connectivity index (χ4n) is 2.72. The molecule has 1 saturated heterocycles. The molecule has 2 unspecified atom stereocenters. The van der Waals surface area contributed by atoms with Crippen LogP contribution in [0.5, 0.6) is 0 Å². The molecule has 0 spiro atoms. The van der Waals surface area contributed by atoms with Crippen LogP contribution in [0, 0.1) is 11.8 Å². The summed E-state index contributed by atoms with van der Waals surface area (Å²) >= 11 is 0. The van der Waals surface area contributed by atoms with Crippen LogP contribution in [0.15, 0.2) is 35.4 Å². The van der Waals surface area contributed by atoms with E-state index in [9.17, 15) is 5.11 Å². The quantitative estimate of drug-likeness (QED) is 0.342. The highest BCUT2D eigenvalue weighted by atomic mass is 16.7. The lowest BCUT2D eigenvalue weighted by atomic mass is 9.85. The van der Waals surface area contributed by atoms with Gasteiger partial charge in [0.2, 0.25) is 0 Å². The van der Waals surface area contributed by atoms with Crippen molar-refractivity contribution in [3.05, 3.63) is 46.3 Å². The predicted octanol–water partition coefficient (Wildman–Crippen LogP) is 2.89. The van der Waals surface area contributed by atoms with Gasteiger partial charge in [-0.25, -0.2) is 0 Å². The van der Waals surface area contributed by atoms with Gasteiger partial charge in [-0.2, -0.15) is 0 Å². The van der Waals surface area contributed by atoms with Crippen molar-refractivity contribution in [3.63, 3.8) is 0 Å². The summed E-state index contributed by atoms with van der Waals surface area (Å²) in [7, 11) is 0. The van der Waals surface area contributed by atoms with Crippen LogP contribution in [0.25, 0.3) is 10.4 Å². The Morgan fingerprint density at radius 3 is 2.71 bits per heavy atom. The Morgan fingerprint density at radius 2 is 2.00 bits per heavy atom. The molecule has 0 aliphatic carbocycles. The van der Waals surface area contributed by atoms with Crippen molar-refractivity contribution in [1.82, 2.24) is 0 Å². The van der Waals surface area contributed by atoms with E-state index in [1.165, 1.54) is 0 Å². The van der Waals surface area contributed by atoms with Gasteiger partial charge in [-0.3, -0.25) is 0 Å². The Kier molecular flexibility index (Phi) is 7.49. The van der Waals surface area contributed by atoms with Crippen LogP contribution in [-0.2, 0) is 20.8 Å². The third kappa shape index (κ3) is 5.19. The topological polar surface area (TPSA) is 96.7 Å². The highest BCUT2D eigenvalue weighted by molar-refractivity contribution is 5.13. The second-order valence-electron chi connectivity index (χ2n) is 6.08. The van der Waals surface area contributed by atoms with Gasteiger partial charge in [0.25, 0.3) is 0 Å². The number of aliphatic hydroxyl groups excluding tert-OH is 1. The van der Waals surface area contributed by atoms with E-state index in [0.717, 1.165) is 5.56 Å². The van der Waals surface area contributed by atoms with E-state index >= 15 is 0 Å². The average molecular weight is 335 g/mol. The number of aliphatic hydroxyl groups is 1. The third-order valence-electron chi connectivity index (χ3n) is 4.42. The Hall–Kier alpha value is -1.63. The molecule has 0 aromatic heterocycles. The van der Waals surface area contributed by atoms with Gasteiger partial charge in [0, 0.05) is 17.4 Å². The first-order chi connectivity index (χ1) is 11.6. The van der Waals surface area contributed by atoms with Gasteiger partial charge in [0.05, 0.1) is 25.9 Å². The molecule has 1 aromatic rings.